The molecule has 0 amide bonds. The van der Waals surface area contributed by atoms with E-state index < -0.39 is 0 Å². The van der Waals surface area contributed by atoms with E-state index in [1.54, 1.807) is 22.9 Å². The monoisotopic (exact) mass is 336 g/mol. The molecule has 0 radical (unpaired) electrons. The lowest BCUT2D eigenvalue weighted by molar-refractivity contribution is 0.277. The summed E-state index contributed by atoms with van der Waals surface area (Å²) in [6.07, 6.45) is 1.66. The summed E-state index contributed by atoms with van der Waals surface area (Å²) < 4.78 is 3.04. The Kier molecular flexibility index (Phi) is 4.04. The van der Waals surface area contributed by atoms with Gasteiger partial charge in [-0.1, -0.05) is 13.5 Å². The lowest BCUT2D eigenvalue weighted by Gasteiger charge is -2.04. The van der Waals surface area contributed by atoms with Crippen LogP contribution in [0.5, 0.6) is 0 Å². The number of nitrogen functional groups attached to an aromatic ring is 1. The molecule has 0 saturated carbocycles. The second-order valence-electron chi connectivity index (χ2n) is 5.11. The van der Waals surface area contributed by atoms with E-state index in [1.165, 1.54) is 4.52 Å². The summed E-state index contributed by atoms with van der Waals surface area (Å²) in [6.45, 7) is 0.132. The smallest absolute Gasteiger partial charge is 0.225 e. The predicted molar refractivity (Wildman–Crippen MR) is 92.5 cm³/mol. The van der Waals surface area contributed by atoms with E-state index in [0.29, 0.717) is 33.9 Å². The first kappa shape index (κ1) is 16.4. The van der Waals surface area contributed by atoms with Crippen molar-refractivity contribution in [1.29, 1.82) is 5.26 Å². The molecule has 0 aliphatic heterocycles. The first-order valence-corrected chi connectivity index (χ1v) is 7.21. The van der Waals surface area contributed by atoms with Crippen molar-refractivity contribution in [2.24, 2.45) is 0 Å². The molecule has 0 aliphatic rings. The van der Waals surface area contributed by atoms with E-state index in [1.807, 2.05) is 12.1 Å². The van der Waals surface area contributed by atoms with Crippen molar-refractivity contribution < 1.29 is 5.11 Å². The first-order chi connectivity index (χ1) is 11.7. The highest BCUT2D eigenvalue weighted by Gasteiger charge is 2.18. The number of nitrogens with two attached hydrogens (primary N) is 1. The summed E-state index contributed by atoms with van der Waals surface area (Å²) in [5.74, 6) is 0.568. The number of fused-ring (bicyclic) bond motifs is 3. The topological polar surface area (TPSA) is 131 Å². The average Bonchev–Trinajstić information content (AvgIpc) is 3.19. The summed E-state index contributed by atoms with van der Waals surface area (Å²) >= 11 is 0. The van der Waals surface area contributed by atoms with Gasteiger partial charge in [0.25, 0.3) is 0 Å². The normalized spacial score (nSPS) is 10.7. The number of nitriles is 1. The van der Waals surface area contributed by atoms with Crippen LogP contribution in [0.4, 0.5) is 5.95 Å². The largest absolute Gasteiger partial charge is 0.395 e. The van der Waals surface area contributed by atoms with Gasteiger partial charge in [-0.15, -0.1) is 5.10 Å². The third kappa shape index (κ3) is 2.45. The molecule has 0 atom stereocenters. The zero-order valence-electron chi connectivity index (χ0n) is 12.5. The molecule has 4 aromatic heterocycles. The van der Waals surface area contributed by atoms with Crippen molar-refractivity contribution in [2.75, 3.05) is 12.3 Å². The van der Waals surface area contributed by atoms with E-state index in [-0.39, 0.29) is 26.5 Å². The number of nitrogens with zero attached hydrogens (tertiary/aromatic N) is 7. The second-order valence-corrected chi connectivity index (χ2v) is 5.11. The number of pyridine rings is 1. The van der Waals surface area contributed by atoms with Gasteiger partial charge in [-0.2, -0.15) is 14.8 Å². The van der Waals surface area contributed by atoms with Crippen molar-refractivity contribution in [3.63, 3.8) is 0 Å². The van der Waals surface area contributed by atoms with Crippen LogP contribution < -0.4 is 5.73 Å². The first-order valence-electron chi connectivity index (χ1n) is 7.21. The molecule has 0 spiro atoms. The van der Waals surface area contributed by atoms with Crippen LogP contribution in [-0.4, -0.2) is 40.8 Å². The standard InChI is InChI=1S/C15H12N8O.CH4/c16-8-9-7-10-13(22(9)5-6-24)20-15(17)23-14(10)19-12(21-23)11-3-1-2-4-18-11;/h1-4,7,24H,5-6H2,(H2,17,20);1H4. The van der Waals surface area contributed by atoms with Crippen molar-refractivity contribution in [3.05, 3.63) is 36.2 Å². The Labute approximate surface area is 143 Å². The number of aliphatic hydroxyl groups excluding tert-OH is 1. The van der Waals surface area contributed by atoms with Gasteiger partial charge in [-0.05, 0) is 18.2 Å². The maximum absolute atomic E-state index is 9.31. The molecule has 3 N–H and O–H groups in total. The quantitative estimate of drug-likeness (QED) is 0.575. The molecule has 9 heteroatoms. The van der Waals surface area contributed by atoms with Gasteiger partial charge in [0.1, 0.15) is 23.1 Å². The lowest BCUT2D eigenvalue weighted by atomic mass is 10.3. The number of anilines is 1. The molecular formula is C16H16N8O. The molecule has 0 saturated heterocycles. The molecule has 4 rings (SSSR count). The molecule has 0 unspecified atom stereocenters. The predicted octanol–water partition coefficient (Wildman–Crippen LogP) is 1.22. The fraction of sp³-hybridized carbons (Fsp3) is 0.188. The third-order valence-electron chi connectivity index (χ3n) is 3.69. The molecule has 0 aliphatic carbocycles. The minimum absolute atomic E-state index is 0. The third-order valence-corrected chi connectivity index (χ3v) is 3.69. The summed E-state index contributed by atoms with van der Waals surface area (Å²) in [5, 5.41) is 23.5. The molecule has 4 aromatic rings. The Balaban J connectivity index is 0.00000182. The number of hydrogen-bond acceptors (Lipinski definition) is 7. The van der Waals surface area contributed by atoms with Gasteiger partial charge in [0.15, 0.2) is 5.65 Å². The fourth-order valence-electron chi connectivity index (χ4n) is 2.65. The van der Waals surface area contributed by atoms with E-state index in [9.17, 15) is 10.4 Å². The van der Waals surface area contributed by atoms with Gasteiger partial charge in [-0.25, -0.2) is 4.98 Å². The second kappa shape index (κ2) is 6.18. The van der Waals surface area contributed by atoms with Crippen molar-refractivity contribution in [1.82, 2.24) is 29.1 Å². The summed E-state index contributed by atoms with van der Waals surface area (Å²) in [7, 11) is 0. The Morgan fingerprint density at radius 2 is 2.08 bits per heavy atom. The highest BCUT2D eigenvalue weighted by atomic mass is 16.3. The van der Waals surface area contributed by atoms with Gasteiger partial charge >= 0.3 is 0 Å². The van der Waals surface area contributed by atoms with Crippen molar-refractivity contribution >= 4 is 22.6 Å². The van der Waals surface area contributed by atoms with Gasteiger partial charge in [0.2, 0.25) is 11.8 Å². The summed E-state index contributed by atoms with van der Waals surface area (Å²) in [4.78, 5) is 13.1. The van der Waals surface area contributed by atoms with Gasteiger partial charge in [-0.3, -0.25) is 4.98 Å². The number of hydrogen-bond donors (Lipinski definition) is 2. The zero-order valence-corrected chi connectivity index (χ0v) is 12.5. The van der Waals surface area contributed by atoms with Crippen molar-refractivity contribution in [3.8, 4) is 17.6 Å². The van der Waals surface area contributed by atoms with E-state index >= 15 is 0 Å². The van der Waals surface area contributed by atoms with Crippen LogP contribution in [0.2, 0.25) is 0 Å². The lowest BCUT2D eigenvalue weighted by Crippen LogP contribution is -2.08. The Hall–Kier alpha value is -3.51. The van der Waals surface area contributed by atoms with Crippen LogP contribution in [0.1, 0.15) is 13.1 Å². The highest BCUT2D eigenvalue weighted by molar-refractivity contribution is 5.92. The minimum Gasteiger partial charge on any atom is -0.395 e. The van der Waals surface area contributed by atoms with Crippen LogP contribution >= 0.6 is 0 Å². The molecule has 126 valence electrons. The zero-order chi connectivity index (χ0) is 16.7. The highest BCUT2D eigenvalue weighted by Crippen LogP contribution is 2.25. The van der Waals surface area contributed by atoms with Gasteiger partial charge < -0.3 is 15.4 Å². The average molecular weight is 336 g/mol. The number of aliphatic hydroxyl groups is 1. The van der Waals surface area contributed by atoms with Crippen molar-refractivity contribution in [2.45, 2.75) is 14.0 Å². The molecule has 0 bridgehead atoms. The number of aromatic nitrogens is 6. The summed E-state index contributed by atoms with van der Waals surface area (Å²) in [6, 6.07) is 9.21. The van der Waals surface area contributed by atoms with Crippen LogP contribution in [0.15, 0.2) is 30.5 Å². The fourth-order valence-corrected chi connectivity index (χ4v) is 2.65. The number of rotatable bonds is 3. The maximum atomic E-state index is 9.31. The van der Waals surface area contributed by atoms with E-state index in [2.05, 4.69) is 26.1 Å². The molecule has 0 aromatic carbocycles. The van der Waals surface area contributed by atoms with Gasteiger partial charge in [0.05, 0.1) is 12.0 Å². The van der Waals surface area contributed by atoms with Crippen LogP contribution in [0.25, 0.3) is 28.2 Å². The molecule has 9 nitrogen and oxygen atoms in total. The van der Waals surface area contributed by atoms with Crippen LogP contribution in [0.3, 0.4) is 0 Å². The Morgan fingerprint density at radius 3 is 2.76 bits per heavy atom. The molecule has 0 fully saturated rings. The summed E-state index contributed by atoms with van der Waals surface area (Å²) in [5.41, 5.74) is 7.97. The SMILES string of the molecule is C.N#Cc1cc2c(nc(N)n3nc(-c4ccccn4)nc23)n1CCO. The Bertz CT molecular complexity index is 1090. The molecule has 25 heavy (non-hydrogen) atoms. The van der Waals surface area contributed by atoms with Crippen LogP contribution in [0, 0.1) is 11.3 Å². The van der Waals surface area contributed by atoms with Gasteiger partial charge in [0, 0.05) is 12.7 Å². The van der Waals surface area contributed by atoms with E-state index in [4.69, 9.17) is 5.73 Å². The molecular weight excluding hydrogens is 320 g/mol. The van der Waals surface area contributed by atoms with E-state index in [0.717, 1.165) is 0 Å². The minimum atomic E-state index is -0.114. The molecule has 4 heterocycles. The van der Waals surface area contributed by atoms with Crippen LogP contribution in [-0.2, 0) is 6.54 Å². The maximum Gasteiger partial charge on any atom is 0.225 e. The Morgan fingerprint density at radius 1 is 1.24 bits per heavy atom.